The van der Waals surface area contributed by atoms with Crippen LogP contribution in [0, 0.1) is 19.7 Å². The molecule has 0 unspecified atom stereocenters. The average molecular weight is 383 g/mol. The maximum atomic E-state index is 12.8. The molecule has 146 valence electrons. The number of carbonyl (C=O) groups is 2. The number of ether oxygens (including phenoxy) is 1. The molecule has 0 radical (unpaired) electrons. The minimum atomic E-state index is -0.491. The molecule has 0 saturated heterocycles. The van der Waals surface area contributed by atoms with Crippen LogP contribution in [0.15, 0.2) is 47.1 Å². The van der Waals surface area contributed by atoms with Crippen LogP contribution in [0.3, 0.4) is 0 Å². The smallest absolute Gasteiger partial charge is 0.310 e. The van der Waals surface area contributed by atoms with E-state index in [0.29, 0.717) is 13.0 Å². The molecule has 3 rings (SSSR count). The lowest BCUT2D eigenvalue weighted by atomic mass is 10.0. The number of fused-ring (bicyclic) bond motifs is 1. The normalized spacial score (nSPS) is 10.8. The summed E-state index contributed by atoms with van der Waals surface area (Å²) in [6.07, 6.45) is 2.16. The van der Waals surface area contributed by atoms with Crippen LogP contribution in [-0.2, 0) is 27.2 Å². The summed E-state index contributed by atoms with van der Waals surface area (Å²) in [6.45, 7) is 4.04. The first-order valence-electron chi connectivity index (χ1n) is 9.06. The van der Waals surface area contributed by atoms with E-state index < -0.39 is 5.97 Å². The number of halogens is 1. The van der Waals surface area contributed by atoms with Crippen LogP contribution in [0.1, 0.15) is 22.3 Å². The first kappa shape index (κ1) is 19.6. The molecule has 3 aromatic rings. The highest BCUT2D eigenvalue weighted by molar-refractivity contribution is 5.87. The Kier molecular flexibility index (Phi) is 6.09. The highest BCUT2D eigenvalue weighted by Gasteiger charge is 2.14. The number of carbonyl (C=O) groups excluding carboxylic acids is 2. The van der Waals surface area contributed by atoms with Crippen LogP contribution in [0.4, 0.5) is 4.39 Å². The van der Waals surface area contributed by atoms with Crippen LogP contribution in [0.25, 0.3) is 11.0 Å². The van der Waals surface area contributed by atoms with Gasteiger partial charge in [0, 0.05) is 17.5 Å². The number of hydrogen-bond donors (Lipinski definition) is 1. The third kappa shape index (κ3) is 4.97. The fraction of sp³-hybridized carbons (Fsp3) is 0.273. The summed E-state index contributed by atoms with van der Waals surface area (Å²) in [5.41, 5.74) is 4.61. The maximum absolute atomic E-state index is 12.8. The van der Waals surface area contributed by atoms with E-state index in [4.69, 9.17) is 9.15 Å². The van der Waals surface area contributed by atoms with Gasteiger partial charge in [-0.1, -0.05) is 12.1 Å². The molecule has 0 fully saturated rings. The Morgan fingerprint density at radius 2 is 1.82 bits per heavy atom. The SMILES string of the molecule is Cc1cc2occ(CC(=O)OCC(=O)NCCc3ccc(F)cc3)c2cc1C. The van der Waals surface area contributed by atoms with E-state index in [2.05, 4.69) is 5.32 Å². The lowest BCUT2D eigenvalue weighted by Crippen LogP contribution is -2.30. The standard InChI is InChI=1S/C22H22FNO4/c1-14-9-19-17(12-27-20(19)10-15(14)2)11-22(26)28-13-21(25)24-8-7-16-3-5-18(23)6-4-16/h3-6,9-10,12H,7-8,11,13H2,1-2H3,(H,24,25). The predicted octanol–water partition coefficient (Wildman–Crippen LogP) is 3.63. The highest BCUT2D eigenvalue weighted by atomic mass is 19.1. The molecule has 0 atom stereocenters. The van der Waals surface area contributed by atoms with E-state index in [9.17, 15) is 14.0 Å². The molecule has 1 heterocycles. The number of benzene rings is 2. The lowest BCUT2D eigenvalue weighted by molar-refractivity contribution is -0.147. The number of furan rings is 1. The van der Waals surface area contributed by atoms with Gasteiger partial charge in [-0.15, -0.1) is 0 Å². The van der Waals surface area contributed by atoms with Gasteiger partial charge >= 0.3 is 5.97 Å². The largest absolute Gasteiger partial charge is 0.464 e. The Morgan fingerprint density at radius 1 is 1.11 bits per heavy atom. The van der Waals surface area contributed by atoms with E-state index in [-0.39, 0.29) is 24.8 Å². The molecule has 1 amide bonds. The van der Waals surface area contributed by atoms with Crippen LogP contribution < -0.4 is 5.32 Å². The van der Waals surface area contributed by atoms with Crippen molar-refractivity contribution < 1.29 is 23.1 Å². The molecule has 0 aliphatic carbocycles. The van der Waals surface area contributed by atoms with Gasteiger partial charge in [0.05, 0.1) is 12.7 Å². The van der Waals surface area contributed by atoms with Crippen LogP contribution >= 0.6 is 0 Å². The van der Waals surface area contributed by atoms with Crippen molar-refractivity contribution in [2.45, 2.75) is 26.7 Å². The monoisotopic (exact) mass is 383 g/mol. The fourth-order valence-electron chi connectivity index (χ4n) is 2.87. The first-order valence-corrected chi connectivity index (χ1v) is 9.06. The van der Waals surface area contributed by atoms with Crippen molar-refractivity contribution in [1.29, 1.82) is 0 Å². The van der Waals surface area contributed by atoms with Gasteiger partial charge in [0.25, 0.3) is 5.91 Å². The first-order chi connectivity index (χ1) is 13.4. The number of nitrogens with one attached hydrogen (secondary N) is 1. The van der Waals surface area contributed by atoms with Crippen molar-refractivity contribution in [3.8, 4) is 0 Å². The van der Waals surface area contributed by atoms with Crippen molar-refractivity contribution in [3.63, 3.8) is 0 Å². The van der Waals surface area contributed by atoms with E-state index >= 15 is 0 Å². The van der Waals surface area contributed by atoms with Crippen molar-refractivity contribution in [1.82, 2.24) is 5.32 Å². The van der Waals surface area contributed by atoms with Gasteiger partial charge in [-0.3, -0.25) is 9.59 Å². The molecule has 0 saturated carbocycles. The van der Waals surface area contributed by atoms with Crippen LogP contribution in [0.2, 0.25) is 0 Å². The number of esters is 1. The molecule has 0 aliphatic heterocycles. The van der Waals surface area contributed by atoms with E-state index in [1.807, 2.05) is 26.0 Å². The topological polar surface area (TPSA) is 68.5 Å². The Balaban J connectivity index is 1.44. The summed E-state index contributed by atoms with van der Waals surface area (Å²) < 4.78 is 23.4. The van der Waals surface area contributed by atoms with Gasteiger partial charge in [0.15, 0.2) is 6.61 Å². The zero-order valence-electron chi connectivity index (χ0n) is 15.9. The molecule has 2 aromatic carbocycles. The second kappa shape index (κ2) is 8.69. The van der Waals surface area contributed by atoms with Gasteiger partial charge < -0.3 is 14.5 Å². The lowest BCUT2D eigenvalue weighted by Gasteiger charge is -2.07. The molecule has 0 aliphatic rings. The molecule has 6 heteroatoms. The Bertz CT molecular complexity index is 992. The number of rotatable bonds is 7. The van der Waals surface area contributed by atoms with E-state index in [1.165, 1.54) is 12.1 Å². The summed E-state index contributed by atoms with van der Waals surface area (Å²) in [4.78, 5) is 23.9. The minimum absolute atomic E-state index is 0.0400. The fourth-order valence-corrected chi connectivity index (χ4v) is 2.87. The van der Waals surface area contributed by atoms with Gasteiger partial charge in [-0.05, 0) is 61.2 Å². The van der Waals surface area contributed by atoms with Gasteiger partial charge in [0.2, 0.25) is 0 Å². The van der Waals surface area contributed by atoms with Crippen molar-refractivity contribution in [3.05, 3.63) is 70.7 Å². The summed E-state index contributed by atoms with van der Waals surface area (Å²) in [7, 11) is 0. The Hall–Kier alpha value is -3.15. The molecule has 1 aromatic heterocycles. The van der Waals surface area contributed by atoms with Gasteiger partial charge in [0.1, 0.15) is 11.4 Å². The molecule has 0 spiro atoms. The van der Waals surface area contributed by atoms with Crippen molar-refractivity contribution in [2.24, 2.45) is 0 Å². The summed E-state index contributed by atoms with van der Waals surface area (Å²) in [6, 6.07) is 10.0. The predicted molar refractivity (Wildman–Crippen MR) is 103 cm³/mol. The zero-order chi connectivity index (χ0) is 20.1. The molecule has 1 N–H and O–H groups in total. The molecular weight excluding hydrogens is 361 g/mol. The van der Waals surface area contributed by atoms with Gasteiger partial charge in [-0.2, -0.15) is 0 Å². The number of aryl methyl sites for hydroxylation is 2. The Labute approximate surface area is 162 Å². The summed E-state index contributed by atoms with van der Waals surface area (Å²) >= 11 is 0. The van der Waals surface area contributed by atoms with Crippen molar-refractivity contribution >= 4 is 22.8 Å². The zero-order valence-corrected chi connectivity index (χ0v) is 15.9. The van der Waals surface area contributed by atoms with E-state index in [0.717, 1.165) is 33.2 Å². The molecule has 5 nitrogen and oxygen atoms in total. The summed E-state index contributed by atoms with van der Waals surface area (Å²) in [5, 5.41) is 3.55. The second-order valence-corrected chi connectivity index (χ2v) is 6.76. The minimum Gasteiger partial charge on any atom is -0.464 e. The van der Waals surface area contributed by atoms with Gasteiger partial charge in [-0.25, -0.2) is 4.39 Å². The molecular formula is C22H22FNO4. The molecule has 28 heavy (non-hydrogen) atoms. The van der Waals surface area contributed by atoms with Crippen LogP contribution in [-0.4, -0.2) is 25.0 Å². The quantitative estimate of drug-likeness (QED) is 0.633. The average Bonchev–Trinajstić information content (AvgIpc) is 3.03. The third-order valence-electron chi connectivity index (χ3n) is 4.62. The molecule has 0 bridgehead atoms. The number of hydrogen-bond acceptors (Lipinski definition) is 4. The highest BCUT2D eigenvalue weighted by Crippen LogP contribution is 2.25. The summed E-state index contributed by atoms with van der Waals surface area (Å²) in [5.74, 6) is -1.16. The number of amides is 1. The third-order valence-corrected chi connectivity index (χ3v) is 4.62. The Morgan fingerprint density at radius 3 is 2.57 bits per heavy atom. The van der Waals surface area contributed by atoms with E-state index in [1.54, 1.807) is 18.4 Å². The van der Waals surface area contributed by atoms with Crippen molar-refractivity contribution in [2.75, 3.05) is 13.2 Å². The second-order valence-electron chi connectivity index (χ2n) is 6.76. The maximum Gasteiger partial charge on any atom is 0.310 e. The van der Waals surface area contributed by atoms with Crippen LogP contribution in [0.5, 0.6) is 0 Å².